The van der Waals surface area contributed by atoms with Gasteiger partial charge in [-0.3, -0.25) is 0 Å². The van der Waals surface area contributed by atoms with E-state index in [2.05, 4.69) is 47.8 Å². The van der Waals surface area contributed by atoms with Gasteiger partial charge >= 0.3 is 0 Å². The van der Waals surface area contributed by atoms with Crippen molar-refractivity contribution in [3.8, 4) is 0 Å². The van der Waals surface area contributed by atoms with Crippen molar-refractivity contribution in [2.24, 2.45) is 0 Å². The van der Waals surface area contributed by atoms with Crippen molar-refractivity contribution in [2.45, 2.75) is 29.5 Å². The molecule has 0 unspecified atom stereocenters. The molecule has 1 atom stereocenters. The third-order valence-corrected chi connectivity index (χ3v) is 4.48. The zero-order valence-corrected chi connectivity index (χ0v) is 10.7. The maximum atomic E-state index is 3.58. The fraction of sp³-hybridized carbons (Fsp3) is 0.333. The van der Waals surface area contributed by atoms with Crippen LogP contribution in [0, 0.1) is 0 Å². The van der Waals surface area contributed by atoms with Crippen LogP contribution < -0.4 is 5.32 Å². The molecule has 0 bridgehead atoms. The topological polar surface area (TPSA) is 12.0 Å². The Hall–Kier alpha value is -0.990. The van der Waals surface area contributed by atoms with Crippen molar-refractivity contribution in [1.82, 2.24) is 5.32 Å². The summed E-state index contributed by atoms with van der Waals surface area (Å²) in [4.78, 5) is 1.38. The number of thioether (sulfide) groups is 1. The van der Waals surface area contributed by atoms with E-state index in [0.717, 1.165) is 0 Å². The van der Waals surface area contributed by atoms with Crippen molar-refractivity contribution < 1.29 is 0 Å². The summed E-state index contributed by atoms with van der Waals surface area (Å²) in [5.74, 6) is 0. The van der Waals surface area contributed by atoms with Gasteiger partial charge in [0.05, 0.1) is 5.37 Å². The van der Waals surface area contributed by atoms with E-state index in [1.165, 1.54) is 41.5 Å². The van der Waals surface area contributed by atoms with Crippen LogP contribution in [-0.4, -0.2) is 11.9 Å². The molecule has 1 heterocycles. The Morgan fingerprint density at radius 1 is 1.00 bits per heavy atom. The molecule has 1 aliphatic heterocycles. The first kappa shape index (κ1) is 11.1. The van der Waals surface area contributed by atoms with Gasteiger partial charge in [0.25, 0.3) is 0 Å². The summed E-state index contributed by atoms with van der Waals surface area (Å²) in [6, 6.07) is 15.3. The number of hydrogen-bond donors (Lipinski definition) is 1. The highest BCUT2D eigenvalue weighted by Crippen LogP contribution is 2.29. The quantitative estimate of drug-likeness (QED) is 0.854. The summed E-state index contributed by atoms with van der Waals surface area (Å²) in [6.45, 7) is 1.17. The number of fused-ring (bicyclic) bond motifs is 1. The first-order valence-electron chi connectivity index (χ1n) is 6.31. The molecule has 1 saturated heterocycles. The zero-order chi connectivity index (χ0) is 11.5. The summed E-state index contributed by atoms with van der Waals surface area (Å²) >= 11 is 1.97. The second-order valence-corrected chi connectivity index (χ2v) is 5.84. The van der Waals surface area contributed by atoms with Crippen LogP contribution >= 0.6 is 11.8 Å². The zero-order valence-electron chi connectivity index (χ0n) is 9.86. The van der Waals surface area contributed by atoms with E-state index in [1.807, 2.05) is 11.8 Å². The Bertz CT molecular complexity index is 503. The average Bonchev–Trinajstić information content (AvgIpc) is 2.40. The minimum atomic E-state index is 0.602. The van der Waals surface area contributed by atoms with Crippen molar-refractivity contribution in [3.05, 3.63) is 42.5 Å². The predicted molar refractivity (Wildman–Crippen MR) is 75.4 cm³/mol. The van der Waals surface area contributed by atoms with E-state index < -0.39 is 0 Å². The molecular weight excluding hydrogens is 226 g/mol. The molecule has 1 fully saturated rings. The lowest BCUT2D eigenvalue weighted by atomic mass is 10.1. The molecule has 2 aromatic rings. The van der Waals surface area contributed by atoms with Crippen LogP contribution in [0.15, 0.2) is 47.4 Å². The second kappa shape index (κ2) is 5.11. The van der Waals surface area contributed by atoms with E-state index in [9.17, 15) is 0 Å². The van der Waals surface area contributed by atoms with E-state index in [4.69, 9.17) is 0 Å². The fourth-order valence-electron chi connectivity index (χ4n) is 2.33. The molecule has 17 heavy (non-hydrogen) atoms. The van der Waals surface area contributed by atoms with Crippen LogP contribution in [0.2, 0.25) is 0 Å². The Balaban J connectivity index is 1.80. The molecule has 0 radical (unpaired) electrons. The summed E-state index contributed by atoms with van der Waals surface area (Å²) in [6.07, 6.45) is 3.98. The molecule has 2 aromatic carbocycles. The van der Waals surface area contributed by atoms with Crippen LogP contribution in [0.4, 0.5) is 0 Å². The van der Waals surface area contributed by atoms with Crippen LogP contribution in [0.25, 0.3) is 10.8 Å². The number of nitrogens with one attached hydrogen (secondary N) is 1. The largest absolute Gasteiger partial charge is 0.305 e. The Morgan fingerprint density at radius 3 is 2.71 bits per heavy atom. The summed E-state index contributed by atoms with van der Waals surface area (Å²) in [5.41, 5.74) is 0. The smallest absolute Gasteiger partial charge is 0.0579 e. The highest BCUT2D eigenvalue weighted by atomic mass is 32.2. The van der Waals surface area contributed by atoms with Gasteiger partial charge < -0.3 is 5.32 Å². The molecule has 0 aliphatic carbocycles. The van der Waals surface area contributed by atoms with E-state index in [1.54, 1.807) is 0 Å². The highest BCUT2D eigenvalue weighted by molar-refractivity contribution is 7.99. The Labute approximate surface area is 107 Å². The van der Waals surface area contributed by atoms with Crippen molar-refractivity contribution in [2.75, 3.05) is 6.54 Å². The first-order chi connectivity index (χ1) is 8.42. The maximum Gasteiger partial charge on any atom is 0.0579 e. The summed E-state index contributed by atoms with van der Waals surface area (Å²) in [7, 11) is 0. The number of hydrogen-bond acceptors (Lipinski definition) is 2. The van der Waals surface area contributed by atoms with Gasteiger partial charge in [0.2, 0.25) is 0 Å². The molecule has 0 aromatic heterocycles. The van der Waals surface area contributed by atoms with Crippen LogP contribution in [0.5, 0.6) is 0 Å². The SMILES string of the molecule is c1ccc2cc(S[C@H]3CCCCN3)ccc2c1. The lowest BCUT2D eigenvalue weighted by Crippen LogP contribution is -2.30. The van der Waals surface area contributed by atoms with E-state index >= 15 is 0 Å². The molecule has 1 nitrogen and oxygen atoms in total. The van der Waals surface area contributed by atoms with E-state index in [0.29, 0.717) is 5.37 Å². The molecule has 0 saturated carbocycles. The lowest BCUT2D eigenvalue weighted by molar-refractivity contribution is 0.491. The lowest BCUT2D eigenvalue weighted by Gasteiger charge is -2.22. The van der Waals surface area contributed by atoms with Gasteiger partial charge in [-0.1, -0.05) is 30.3 Å². The molecule has 3 rings (SSSR count). The predicted octanol–water partition coefficient (Wildman–Crippen LogP) is 4.03. The molecule has 2 heteroatoms. The molecule has 88 valence electrons. The van der Waals surface area contributed by atoms with Crippen LogP contribution in [0.1, 0.15) is 19.3 Å². The third kappa shape index (κ3) is 2.64. The highest BCUT2D eigenvalue weighted by Gasteiger charge is 2.13. The van der Waals surface area contributed by atoms with Gasteiger partial charge in [-0.2, -0.15) is 0 Å². The summed E-state index contributed by atoms with van der Waals surface area (Å²) < 4.78 is 0. The Morgan fingerprint density at radius 2 is 1.88 bits per heavy atom. The van der Waals surface area contributed by atoms with Gasteiger partial charge in [-0.15, -0.1) is 11.8 Å². The standard InChI is InChI=1S/C15H17NS/c1-2-6-13-11-14(9-8-12(13)5-1)17-15-7-3-4-10-16-15/h1-2,5-6,8-9,11,15-16H,3-4,7,10H2/t15-/m0/s1. The third-order valence-electron chi connectivity index (χ3n) is 3.26. The van der Waals surface area contributed by atoms with Crippen molar-refractivity contribution in [3.63, 3.8) is 0 Å². The summed E-state index contributed by atoms with van der Waals surface area (Å²) in [5, 5.41) is 6.85. The van der Waals surface area contributed by atoms with Crippen LogP contribution in [0.3, 0.4) is 0 Å². The molecular formula is C15H17NS. The average molecular weight is 243 g/mol. The van der Waals surface area contributed by atoms with Crippen LogP contribution in [-0.2, 0) is 0 Å². The maximum absolute atomic E-state index is 3.58. The monoisotopic (exact) mass is 243 g/mol. The minimum Gasteiger partial charge on any atom is -0.305 e. The van der Waals surface area contributed by atoms with Gasteiger partial charge in [0.15, 0.2) is 0 Å². The number of benzene rings is 2. The molecule has 0 spiro atoms. The second-order valence-electron chi connectivity index (χ2n) is 4.57. The fourth-order valence-corrected chi connectivity index (χ4v) is 3.48. The van der Waals surface area contributed by atoms with Gasteiger partial charge in [-0.25, -0.2) is 0 Å². The van der Waals surface area contributed by atoms with Gasteiger partial charge in [0.1, 0.15) is 0 Å². The van der Waals surface area contributed by atoms with Gasteiger partial charge in [0, 0.05) is 4.90 Å². The molecule has 0 amide bonds. The molecule has 1 aliphatic rings. The van der Waals surface area contributed by atoms with Crippen molar-refractivity contribution in [1.29, 1.82) is 0 Å². The number of piperidine rings is 1. The van der Waals surface area contributed by atoms with E-state index in [-0.39, 0.29) is 0 Å². The van der Waals surface area contributed by atoms with Crippen molar-refractivity contribution >= 4 is 22.5 Å². The minimum absolute atomic E-state index is 0.602. The Kier molecular flexibility index (Phi) is 3.34. The molecule has 1 N–H and O–H groups in total. The normalized spacial score (nSPS) is 20.6. The van der Waals surface area contributed by atoms with Gasteiger partial charge in [-0.05, 0) is 48.7 Å². The number of rotatable bonds is 2. The first-order valence-corrected chi connectivity index (χ1v) is 7.19.